The Morgan fingerprint density at radius 1 is 1.08 bits per heavy atom. The highest BCUT2D eigenvalue weighted by Crippen LogP contribution is 2.30. The number of carbonyl (C=O) groups is 1. The highest BCUT2D eigenvalue weighted by atomic mass is 35.5. The van der Waals surface area contributed by atoms with E-state index in [9.17, 15) is 14.7 Å². The molecule has 1 aromatic heterocycles. The Kier molecular flexibility index (Phi) is 4.01. The summed E-state index contributed by atoms with van der Waals surface area (Å²) in [5.74, 6) is -1.71. The van der Waals surface area contributed by atoms with Gasteiger partial charge < -0.3 is 14.6 Å². The molecule has 1 heterocycles. The average molecular weight is 345 g/mol. The van der Waals surface area contributed by atoms with E-state index < -0.39 is 17.5 Å². The van der Waals surface area contributed by atoms with Gasteiger partial charge in [-0.25, -0.2) is 9.59 Å². The maximum absolute atomic E-state index is 11.9. The number of fused-ring (bicyclic) bond motifs is 1. The topological polar surface area (TPSA) is 112 Å². The van der Waals surface area contributed by atoms with Crippen molar-refractivity contribution in [1.82, 2.24) is 0 Å². The zero-order chi connectivity index (χ0) is 17.3. The van der Waals surface area contributed by atoms with Crippen molar-refractivity contribution in [3.05, 3.63) is 63.5 Å². The zero-order valence-electron chi connectivity index (χ0n) is 11.9. The van der Waals surface area contributed by atoms with Crippen LogP contribution in [0.5, 0.6) is 5.95 Å². The standard InChI is InChI=1S/C16H9ClN2O5/c17-12-6-5-8(7-11(12)14(20)21)18-19-13-9-3-1-2-4-10(9)15(22)24-16(13)23/h1-7,22H,(H,20,21). The third-order valence-corrected chi connectivity index (χ3v) is 3.57. The van der Waals surface area contributed by atoms with Gasteiger partial charge in [-0.05, 0) is 24.3 Å². The van der Waals surface area contributed by atoms with Crippen LogP contribution in [0.25, 0.3) is 10.8 Å². The summed E-state index contributed by atoms with van der Waals surface area (Å²) in [7, 11) is 0. The summed E-state index contributed by atoms with van der Waals surface area (Å²) in [6.07, 6.45) is 0. The van der Waals surface area contributed by atoms with E-state index in [1.807, 2.05) is 0 Å². The molecule has 0 atom stereocenters. The quantitative estimate of drug-likeness (QED) is 0.689. The molecular formula is C16H9ClN2O5. The highest BCUT2D eigenvalue weighted by Gasteiger charge is 2.13. The van der Waals surface area contributed by atoms with Gasteiger partial charge in [0.2, 0.25) is 0 Å². The number of halogens is 1. The molecule has 2 N–H and O–H groups in total. The van der Waals surface area contributed by atoms with Crippen molar-refractivity contribution < 1.29 is 19.4 Å². The Balaban J connectivity index is 2.11. The second-order valence-corrected chi connectivity index (χ2v) is 5.17. The molecule has 3 rings (SSSR count). The summed E-state index contributed by atoms with van der Waals surface area (Å²) in [6.45, 7) is 0. The molecule has 0 aliphatic rings. The fourth-order valence-corrected chi connectivity index (χ4v) is 2.32. The van der Waals surface area contributed by atoms with Crippen molar-refractivity contribution in [2.24, 2.45) is 10.2 Å². The minimum atomic E-state index is -1.20. The maximum Gasteiger partial charge on any atom is 0.367 e. The first-order chi connectivity index (χ1) is 11.5. The molecule has 0 saturated heterocycles. The number of carboxylic acid groups (broad SMARTS) is 1. The van der Waals surface area contributed by atoms with Gasteiger partial charge in [-0.15, -0.1) is 5.11 Å². The normalized spacial score (nSPS) is 11.2. The van der Waals surface area contributed by atoms with Gasteiger partial charge in [0.15, 0.2) is 5.69 Å². The lowest BCUT2D eigenvalue weighted by molar-refractivity contribution is 0.0697. The molecule has 0 radical (unpaired) electrons. The molecule has 120 valence electrons. The number of hydrogen-bond acceptors (Lipinski definition) is 6. The predicted molar refractivity (Wildman–Crippen MR) is 86.7 cm³/mol. The van der Waals surface area contributed by atoms with Crippen molar-refractivity contribution >= 4 is 39.7 Å². The molecule has 7 nitrogen and oxygen atoms in total. The van der Waals surface area contributed by atoms with Gasteiger partial charge in [0.25, 0.3) is 5.95 Å². The SMILES string of the molecule is O=C(O)c1cc(N=Nc2c(=O)oc(O)c3ccccc23)ccc1Cl. The molecule has 0 unspecified atom stereocenters. The average Bonchev–Trinajstić information content (AvgIpc) is 2.55. The molecule has 0 aliphatic heterocycles. The van der Waals surface area contributed by atoms with Crippen LogP contribution in [0.15, 0.2) is 61.9 Å². The van der Waals surface area contributed by atoms with Gasteiger partial charge in [0.1, 0.15) is 0 Å². The third-order valence-electron chi connectivity index (χ3n) is 3.24. The van der Waals surface area contributed by atoms with Crippen molar-refractivity contribution in [2.45, 2.75) is 0 Å². The summed E-state index contributed by atoms with van der Waals surface area (Å²) in [5.41, 5.74) is -0.887. The minimum absolute atomic E-state index is 0.0658. The van der Waals surface area contributed by atoms with E-state index in [0.717, 1.165) is 0 Å². The number of azo groups is 1. The minimum Gasteiger partial charge on any atom is -0.480 e. The van der Waals surface area contributed by atoms with Crippen LogP contribution in [0.2, 0.25) is 5.02 Å². The molecule has 2 aromatic carbocycles. The third kappa shape index (κ3) is 2.84. The largest absolute Gasteiger partial charge is 0.480 e. The highest BCUT2D eigenvalue weighted by molar-refractivity contribution is 6.33. The summed E-state index contributed by atoms with van der Waals surface area (Å²) >= 11 is 5.78. The summed E-state index contributed by atoms with van der Waals surface area (Å²) in [6, 6.07) is 10.6. The van der Waals surface area contributed by atoms with E-state index in [1.54, 1.807) is 24.3 Å². The monoisotopic (exact) mass is 344 g/mol. The first-order valence-electron chi connectivity index (χ1n) is 6.67. The molecule has 8 heteroatoms. The van der Waals surface area contributed by atoms with Crippen molar-refractivity contribution in [3.8, 4) is 5.95 Å². The Labute approximate surface area is 139 Å². The van der Waals surface area contributed by atoms with Gasteiger partial charge in [-0.2, -0.15) is 5.11 Å². The molecule has 24 heavy (non-hydrogen) atoms. The summed E-state index contributed by atoms with van der Waals surface area (Å²) in [5, 5.41) is 27.2. The molecule has 0 saturated carbocycles. The summed E-state index contributed by atoms with van der Waals surface area (Å²) < 4.78 is 4.72. The van der Waals surface area contributed by atoms with Gasteiger partial charge in [-0.3, -0.25) is 0 Å². The van der Waals surface area contributed by atoms with Crippen LogP contribution >= 0.6 is 11.6 Å². The Morgan fingerprint density at radius 3 is 2.50 bits per heavy atom. The van der Waals surface area contributed by atoms with Crippen molar-refractivity contribution in [3.63, 3.8) is 0 Å². The second-order valence-electron chi connectivity index (χ2n) is 4.76. The van der Waals surface area contributed by atoms with Crippen LogP contribution in [0, 0.1) is 0 Å². The summed E-state index contributed by atoms with van der Waals surface area (Å²) in [4.78, 5) is 23.0. The van der Waals surface area contributed by atoms with Gasteiger partial charge >= 0.3 is 11.6 Å². The number of rotatable bonds is 3. The van der Waals surface area contributed by atoms with Gasteiger partial charge in [-0.1, -0.05) is 29.8 Å². The van der Waals surface area contributed by atoms with Crippen molar-refractivity contribution in [1.29, 1.82) is 0 Å². The Hall–Kier alpha value is -3.19. The molecule has 3 aromatic rings. The molecule has 0 spiro atoms. The molecule has 0 fully saturated rings. The second kappa shape index (κ2) is 6.13. The van der Waals surface area contributed by atoms with Crippen LogP contribution in [0.4, 0.5) is 11.4 Å². The Morgan fingerprint density at radius 2 is 1.79 bits per heavy atom. The smallest absolute Gasteiger partial charge is 0.367 e. The van der Waals surface area contributed by atoms with Gasteiger partial charge in [0.05, 0.1) is 21.7 Å². The number of benzene rings is 2. The first kappa shape index (κ1) is 15.7. The van der Waals surface area contributed by atoms with Crippen LogP contribution < -0.4 is 5.63 Å². The number of hydrogen-bond donors (Lipinski definition) is 2. The van der Waals surface area contributed by atoms with Crippen LogP contribution in [-0.4, -0.2) is 16.2 Å². The van der Waals surface area contributed by atoms with E-state index in [2.05, 4.69) is 10.2 Å². The van der Waals surface area contributed by atoms with Gasteiger partial charge in [0, 0.05) is 5.39 Å². The molecule has 0 amide bonds. The van der Waals surface area contributed by atoms with E-state index in [-0.39, 0.29) is 22.0 Å². The predicted octanol–water partition coefficient (Wildman–Crippen LogP) is 4.27. The fraction of sp³-hybridized carbons (Fsp3) is 0. The maximum atomic E-state index is 11.9. The fourth-order valence-electron chi connectivity index (χ4n) is 2.12. The van der Waals surface area contributed by atoms with E-state index in [4.69, 9.17) is 21.1 Å². The first-order valence-corrected chi connectivity index (χ1v) is 7.04. The lowest BCUT2D eigenvalue weighted by atomic mass is 10.1. The molecule has 0 bridgehead atoms. The van der Waals surface area contributed by atoms with Crippen LogP contribution in [-0.2, 0) is 0 Å². The van der Waals surface area contributed by atoms with Crippen LogP contribution in [0.3, 0.4) is 0 Å². The lowest BCUT2D eigenvalue weighted by Gasteiger charge is -2.02. The van der Waals surface area contributed by atoms with E-state index >= 15 is 0 Å². The van der Waals surface area contributed by atoms with Crippen LogP contribution in [0.1, 0.15) is 10.4 Å². The van der Waals surface area contributed by atoms with E-state index in [1.165, 1.54) is 18.2 Å². The zero-order valence-corrected chi connectivity index (χ0v) is 12.7. The Bertz CT molecular complexity index is 1040. The molecule has 0 aliphatic carbocycles. The molecular weight excluding hydrogens is 336 g/mol. The number of aromatic hydroxyl groups is 1. The van der Waals surface area contributed by atoms with E-state index in [0.29, 0.717) is 10.8 Å². The lowest BCUT2D eigenvalue weighted by Crippen LogP contribution is -1.98. The number of carboxylic acids is 1. The van der Waals surface area contributed by atoms with Crippen molar-refractivity contribution in [2.75, 3.05) is 0 Å². The number of aromatic carboxylic acids is 1. The number of nitrogens with zero attached hydrogens (tertiary/aromatic N) is 2.